The van der Waals surface area contributed by atoms with Crippen molar-refractivity contribution in [3.8, 4) is 0 Å². The van der Waals surface area contributed by atoms with Crippen LogP contribution >= 0.6 is 11.6 Å². The zero-order chi connectivity index (χ0) is 15.7. The van der Waals surface area contributed by atoms with Gasteiger partial charge in [0.1, 0.15) is 6.54 Å². The summed E-state index contributed by atoms with van der Waals surface area (Å²) in [5.41, 5.74) is 0.519. The summed E-state index contributed by atoms with van der Waals surface area (Å²) in [6.07, 6.45) is 1.91. The quantitative estimate of drug-likeness (QED) is 0.846. The second-order valence-electron chi connectivity index (χ2n) is 5.33. The summed E-state index contributed by atoms with van der Waals surface area (Å²) < 4.78 is 5.40. The highest BCUT2D eigenvalue weighted by molar-refractivity contribution is 6.32. The average molecular weight is 323 g/mol. The van der Waals surface area contributed by atoms with Crippen molar-refractivity contribution in [2.75, 3.05) is 19.7 Å². The smallest absolute Gasteiger partial charge is 0.262 e. The van der Waals surface area contributed by atoms with Crippen LogP contribution in [0.1, 0.15) is 33.6 Å². The first-order valence-electron chi connectivity index (χ1n) is 7.10. The van der Waals surface area contributed by atoms with E-state index in [-0.39, 0.29) is 29.7 Å². The minimum absolute atomic E-state index is 0.0185. The molecule has 0 bridgehead atoms. The Morgan fingerprint density at radius 2 is 2.09 bits per heavy atom. The van der Waals surface area contributed by atoms with Crippen LogP contribution in [0.2, 0.25) is 5.02 Å². The third kappa shape index (κ3) is 2.84. The van der Waals surface area contributed by atoms with Crippen LogP contribution in [0.4, 0.5) is 0 Å². The van der Waals surface area contributed by atoms with Crippen molar-refractivity contribution in [2.24, 2.45) is 0 Å². The fraction of sp³-hybridized carbons (Fsp3) is 0.400. The van der Waals surface area contributed by atoms with Crippen LogP contribution in [0.25, 0.3) is 0 Å². The van der Waals surface area contributed by atoms with E-state index in [1.807, 2.05) is 0 Å². The Kier molecular flexibility index (Phi) is 4.13. The highest BCUT2D eigenvalue weighted by Gasteiger charge is 2.36. The number of rotatable bonds is 4. The molecule has 0 saturated carbocycles. The minimum Gasteiger partial charge on any atom is -0.376 e. The standard InChI is InChI=1S/C15H15ClN2O4/c16-9-3-4-11-12(6-9)15(21)18(14(11)20)8-13(19)17-7-10-2-1-5-22-10/h3-4,6,10H,1-2,5,7-8H2,(H,17,19). The molecule has 2 aliphatic heterocycles. The van der Waals surface area contributed by atoms with Crippen LogP contribution in [0.15, 0.2) is 18.2 Å². The van der Waals surface area contributed by atoms with Gasteiger partial charge in [-0.25, -0.2) is 0 Å². The highest BCUT2D eigenvalue weighted by Crippen LogP contribution is 2.25. The Bertz CT molecular complexity index is 640. The molecule has 1 atom stereocenters. The average Bonchev–Trinajstić information content (AvgIpc) is 3.09. The first kappa shape index (κ1) is 15.0. The number of carbonyl (C=O) groups is 3. The predicted molar refractivity (Wildman–Crippen MR) is 78.8 cm³/mol. The lowest BCUT2D eigenvalue weighted by Crippen LogP contribution is -2.42. The van der Waals surface area contributed by atoms with E-state index in [1.54, 1.807) is 6.07 Å². The molecule has 1 N–H and O–H groups in total. The Morgan fingerprint density at radius 3 is 2.82 bits per heavy atom. The molecule has 116 valence electrons. The molecule has 3 rings (SSSR count). The van der Waals surface area contributed by atoms with E-state index in [4.69, 9.17) is 16.3 Å². The van der Waals surface area contributed by atoms with Crippen LogP contribution in [0.3, 0.4) is 0 Å². The van der Waals surface area contributed by atoms with E-state index >= 15 is 0 Å². The summed E-state index contributed by atoms with van der Waals surface area (Å²) >= 11 is 5.84. The van der Waals surface area contributed by atoms with Crippen LogP contribution in [-0.2, 0) is 9.53 Å². The topological polar surface area (TPSA) is 75.7 Å². The largest absolute Gasteiger partial charge is 0.376 e. The number of fused-ring (bicyclic) bond motifs is 1. The van der Waals surface area contributed by atoms with E-state index in [9.17, 15) is 14.4 Å². The summed E-state index contributed by atoms with van der Waals surface area (Å²) in [6, 6.07) is 4.50. The monoisotopic (exact) mass is 322 g/mol. The summed E-state index contributed by atoms with van der Waals surface area (Å²) in [5, 5.41) is 3.07. The van der Waals surface area contributed by atoms with Gasteiger partial charge in [0.25, 0.3) is 11.8 Å². The van der Waals surface area contributed by atoms with Crippen LogP contribution < -0.4 is 5.32 Å². The first-order valence-corrected chi connectivity index (χ1v) is 7.48. The van der Waals surface area contributed by atoms with E-state index < -0.39 is 11.8 Å². The van der Waals surface area contributed by atoms with Crippen LogP contribution in [0.5, 0.6) is 0 Å². The van der Waals surface area contributed by atoms with Crippen molar-refractivity contribution in [3.05, 3.63) is 34.3 Å². The number of benzene rings is 1. The molecule has 1 unspecified atom stereocenters. The Balaban J connectivity index is 1.62. The molecule has 2 heterocycles. The molecule has 3 amide bonds. The number of imide groups is 1. The number of nitrogens with one attached hydrogen (secondary N) is 1. The van der Waals surface area contributed by atoms with Gasteiger partial charge in [0.2, 0.25) is 5.91 Å². The molecule has 1 aromatic carbocycles. The third-order valence-corrected chi connectivity index (χ3v) is 4.02. The van der Waals surface area contributed by atoms with Gasteiger partial charge in [0.05, 0.1) is 17.2 Å². The highest BCUT2D eigenvalue weighted by atomic mass is 35.5. The van der Waals surface area contributed by atoms with Gasteiger partial charge >= 0.3 is 0 Å². The molecule has 0 spiro atoms. The first-order chi connectivity index (χ1) is 10.6. The number of halogens is 1. The van der Waals surface area contributed by atoms with Gasteiger partial charge in [-0.15, -0.1) is 0 Å². The van der Waals surface area contributed by atoms with Crippen molar-refractivity contribution in [3.63, 3.8) is 0 Å². The van der Waals surface area contributed by atoms with Gasteiger partial charge in [-0.3, -0.25) is 19.3 Å². The second kappa shape index (κ2) is 6.06. The summed E-state index contributed by atoms with van der Waals surface area (Å²) in [7, 11) is 0. The van der Waals surface area contributed by atoms with Crippen molar-refractivity contribution >= 4 is 29.3 Å². The number of carbonyl (C=O) groups excluding carboxylic acids is 3. The molecule has 1 saturated heterocycles. The van der Waals surface area contributed by atoms with Gasteiger partial charge in [0, 0.05) is 18.2 Å². The SMILES string of the molecule is O=C(CN1C(=O)c2ccc(Cl)cc2C1=O)NCC1CCCO1. The van der Waals surface area contributed by atoms with Crippen molar-refractivity contribution in [2.45, 2.75) is 18.9 Å². The van der Waals surface area contributed by atoms with Gasteiger partial charge < -0.3 is 10.1 Å². The fourth-order valence-electron chi connectivity index (χ4n) is 2.64. The molecule has 22 heavy (non-hydrogen) atoms. The normalized spacial score (nSPS) is 20.4. The third-order valence-electron chi connectivity index (χ3n) is 3.79. The lowest BCUT2D eigenvalue weighted by atomic mass is 10.1. The number of hydrogen-bond donors (Lipinski definition) is 1. The van der Waals surface area contributed by atoms with E-state index in [1.165, 1.54) is 12.1 Å². The maximum Gasteiger partial charge on any atom is 0.262 e. The molecular formula is C15H15ClN2O4. The lowest BCUT2D eigenvalue weighted by molar-refractivity contribution is -0.121. The maximum atomic E-state index is 12.2. The van der Waals surface area contributed by atoms with E-state index in [2.05, 4.69) is 5.32 Å². The van der Waals surface area contributed by atoms with Crippen molar-refractivity contribution in [1.82, 2.24) is 10.2 Å². The molecule has 0 aromatic heterocycles. The van der Waals surface area contributed by atoms with Gasteiger partial charge in [-0.1, -0.05) is 11.6 Å². The summed E-state index contributed by atoms with van der Waals surface area (Å²) in [6.45, 7) is 0.810. The van der Waals surface area contributed by atoms with E-state index in [0.29, 0.717) is 18.2 Å². The number of hydrogen-bond acceptors (Lipinski definition) is 4. The minimum atomic E-state index is -0.491. The molecule has 6 nitrogen and oxygen atoms in total. The molecular weight excluding hydrogens is 308 g/mol. The molecule has 0 aliphatic carbocycles. The zero-order valence-electron chi connectivity index (χ0n) is 11.8. The van der Waals surface area contributed by atoms with E-state index in [0.717, 1.165) is 17.7 Å². The van der Waals surface area contributed by atoms with Crippen LogP contribution in [0, 0.1) is 0 Å². The Labute approximate surface area is 132 Å². The van der Waals surface area contributed by atoms with Gasteiger partial charge in [0.15, 0.2) is 0 Å². The van der Waals surface area contributed by atoms with Crippen LogP contribution in [-0.4, -0.2) is 48.4 Å². The molecule has 2 aliphatic rings. The van der Waals surface area contributed by atoms with Crippen molar-refractivity contribution in [1.29, 1.82) is 0 Å². The van der Waals surface area contributed by atoms with Gasteiger partial charge in [-0.05, 0) is 31.0 Å². The fourth-order valence-corrected chi connectivity index (χ4v) is 2.81. The Hall–Kier alpha value is -1.92. The Morgan fingerprint density at radius 1 is 1.32 bits per heavy atom. The maximum absolute atomic E-state index is 12.2. The number of nitrogens with zero attached hydrogens (tertiary/aromatic N) is 1. The van der Waals surface area contributed by atoms with Gasteiger partial charge in [-0.2, -0.15) is 0 Å². The van der Waals surface area contributed by atoms with Crippen molar-refractivity contribution < 1.29 is 19.1 Å². The molecule has 0 radical (unpaired) electrons. The number of amides is 3. The summed E-state index contributed by atoms with van der Waals surface area (Å²) in [4.78, 5) is 37.2. The molecule has 1 aromatic rings. The lowest BCUT2D eigenvalue weighted by Gasteiger charge is -2.15. The zero-order valence-corrected chi connectivity index (χ0v) is 12.6. The number of ether oxygens (including phenoxy) is 1. The predicted octanol–water partition coefficient (Wildman–Crippen LogP) is 1.23. The second-order valence-corrected chi connectivity index (χ2v) is 5.76. The summed E-state index contributed by atoms with van der Waals surface area (Å²) in [5.74, 6) is -1.34. The molecule has 7 heteroatoms. The molecule has 1 fully saturated rings.